The SMILES string of the molecule is COc1ccc(Nc2cccc(N)c2C)c(OC)c1. The van der Waals surface area contributed by atoms with Gasteiger partial charge in [0.25, 0.3) is 0 Å². The maximum absolute atomic E-state index is 5.90. The first kappa shape index (κ1) is 13.1. The second-order valence-corrected chi connectivity index (χ2v) is 4.21. The molecular weight excluding hydrogens is 240 g/mol. The quantitative estimate of drug-likeness (QED) is 0.826. The predicted molar refractivity (Wildman–Crippen MR) is 78.4 cm³/mol. The smallest absolute Gasteiger partial charge is 0.145 e. The van der Waals surface area contributed by atoms with E-state index in [1.807, 2.05) is 43.3 Å². The highest BCUT2D eigenvalue weighted by Gasteiger charge is 2.07. The molecular formula is C15H18N2O2. The summed E-state index contributed by atoms with van der Waals surface area (Å²) in [4.78, 5) is 0. The van der Waals surface area contributed by atoms with Crippen molar-refractivity contribution in [3.63, 3.8) is 0 Å². The predicted octanol–water partition coefficient (Wildman–Crippen LogP) is 3.34. The van der Waals surface area contributed by atoms with E-state index in [0.717, 1.165) is 34.1 Å². The van der Waals surface area contributed by atoms with Gasteiger partial charge in [-0.15, -0.1) is 0 Å². The van der Waals surface area contributed by atoms with Gasteiger partial charge in [0.15, 0.2) is 0 Å². The zero-order valence-electron chi connectivity index (χ0n) is 11.4. The van der Waals surface area contributed by atoms with Crippen LogP contribution in [0.15, 0.2) is 36.4 Å². The van der Waals surface area contributed by atoms with E-state index in [1.165, 1.54) is 0 Å². The van der Waals surface area contributed by atoms with Gasteiger partial charge in [-0.05, 0) is 36.8 Å². The van der Waals surface area contributed by atoms with Crippen molar-refractivity contribution in [2.45, 2.75) is 6.92 Å². The van der Waals surface area contributed by atoms with E-state index in [4.69, 9.17) is 15.2 Å². The fraction of sp³-hybridized carbons (Fsp3) is 0.200. The Balaban J connectivity index is 2.35. The molecule has 0 heterocycles. The number of hydrogen-bond acceptors (Lipinski definition) is 4. The van der Waals surface area contributed by atoms with Gasteiger partial charge in [0.1, 0.15) is 11.5 Å². The Morgan fingerprint density at radius 1 is 1.00 bits per heavy atom. The monoisotopic (exact) mass is 258 g/mol. The highest BCUT2D eigenvalue weighted by Crippen LogP contribution is 2.33. The Morgan fingerprint density at radius 2 is 1.79 bits per heavy atom. The van der Waals surface area contributed by atoms with Crippen LogP contribution in [0.2, 0.25) is 0 Å². The summed E-state index contributed by atoms with van der Waals surface area (Å²) in [5.41, 5.74) is 9.51. The summed E-state index contributed by atoms with van der Waals surface area (Å²) >= 11 is 0. The second kappa shape index (κ2) is 5.52. The standard InChI is InChI=1S/C15H18N2O2/c1-10-12(16)5-4-6-13(10)17-14-8-7-11(18-2)9-15(14)19-3/h4-9,17H,16H2,1-3H3. The molecule has 0 aliphatic rings. The van der Waals surface area contributed by atoms with Crippen molar-refractivity contribution >= 4 is 17.1 Å². The summed E-state index contributed by atoms with van der Waals surface area (Å²) in [6, 6.07) is 11.4. The van der Waals surface area contributed by atoms with Gasteiger partial charge in [0.05, 0.1) is 19.9 Å². The van der Waals surface area contributed by atoms with E-state index < -0.39 is 0 Å². The molecule has 4 heteroatoms. The lowest BCUT2D eigenvalue weighted by Gasteiger charge is -2.15. The Morgan fingerprint density at radius 3 is 2.47 bits per heavy atom. The second-order valence-electron chi connectivity index (χ2n) is 4.21. The third-order valence-electron chi connectivity index (χ3n) is 3.05. The van der Waals surface area contributed by atoms with Crippen LogP contribution in [-0.4, -0.2) is 14.2 Å². The number of rotatable bonds is 4. The van der Waals surface area contributed by atoms with Gasteiger partial charge in [-0.1, -0.05) is 6.07 Å². The van der Waals surface area contributed by atoms with Crippen LogP contribution in [0.5, 0.6) is 11.5 Å². The van der Waals surface area contributed by atoms with Crippen LogP contribution in [0, 0.1) is 6.92 Å². The Kier molecular flexibility index (Phi) is 3.80. The van der Waals surface area contributed by atoms with Crippen molar-refractivity contribution in [3.05, 3.63) is 42.0 Å². The van der Waals surface area contributed by atoms with Gasteiger partial charge in [0.2, 0.25) is 0 Å². The molecule has 0 unspecified atom stereocenters. The average Bonchev–Trinajstić information content (AvgIpc) is 2.44. The molecule has 100 valence electrons. The average molecular weight is 258 g/mol. The zero-order chi connectivity index (χ0) is 13.8. The number of methoxy groups -OCH3 is 2. The summed E-state index contributed by atoms with van der Waals surface area (Å²) < 4.78 is 10.5. The zero-order valence-corrected chi connectivity index (χ0v) is 11.4. The van der Waals surface area contributed by atoms with E-state index in [2.05, 4.69) is 5.32 Å². The van der Waals surface area contributed by atoms with Crippen molar-refractivity contribution in [1.29, 1.82) is 0 Å². The van der Waals surface area contributed by atoms with E-state index >= 15 is 0 Å². The third-order valence-corrected chi connectivity index (χ3v) is 3.05. The van der Waals surface area contributed by atoms with Crippen LogP contribution in [-0.2, 0) is 0 Å². The molecule has 0 radical (unpaired) electrons. The third kappa shape index (κ3) is 2.73. The van der Waals surface area contributed by atoms with Gasteiger partial charge < -0.3 is 20.5 Å². The Labute approximate surface area is 113 Å². The van der Waals surface area contributed by atoms with E-state index in [1.54, 1.807) is 14.2 Å². The van der Waals surface area contributed by atoms with Crippen LogP contribution in [0.4, 0.5) is 17.1 Å². The van der Waals surface area contributed by atoms with Gasteiger partial charge >= 0.3 is 0 Å². The summed E-state index contributed by atoms with van der Waals surface area (Å²) in [5.74, 6) is 1.48. The molecule has 0 aliphatic heterocycles. The summed E-state index contributed by atoms with van der Waals surface area (Å²) in [7, 11) is 3.26. The fourth-order valence-corrected chi connectivity index (χ4v) is 1.84. The Bertz CT molecular complexity index is 582. The van der Waals surface area contributed by atoms with E-state index in [9.17, 15) is 0 Å². The number of nitrogens with two attached hydrogens (primary N) is 1. The number of hydrogen-bond donors (Lipinski definition) is 2. The van der Waals surface area contributed by atoms with Crippen LogP contribution in [0.3, 0.4) is 0 Å². The summed E-state index contributed by atoms with van der Waals surface area (Å²) in [6.07, 6.45) is 0. The molecule has 2 rings (SSSR count). The molecule has 0 aliphatic carbocycles. The van der Waals surface area contributed by atoms with Crippen LogP contribution in [0.25, 0.3) is 0 Å². The largest absolute Gasteiger partial charge is 0.497 e. The minimum atomic E-state index is 0.723. The molecule has 0 atom stereocenters. The van der Waals surface area contributed by atoms with Crippen molar-refractivity contribution in [1.82, 2.24) is 0 Å². The van der Waals surface area contributed by atoms with Crippen molar-refractivity contribution in [2.24, 2.45) is 0 Å². The molecule has 0 amide bonds. The summed E-state index contributed by atoms with van der Waals surface area (Å²) in [6.45, 7) is 1.98. The maximum Gasteiger partial charge on any atom is 0.145 e. The number of ether oxygens (including phenoxy) is 2. The first-order valence-corrected chi connectivity index (χ1v) is 6.00. The minimum Gasteiger partial charge on any atom is -0.497 e. The summed E-state index contributed by atoms with van der Waals surface area (Å²) in [5, 5.41) is 3.32. The fourth-order valence-electron chi connectivity index (χ4n) is 1.84. The van der Waals surface area contributed by atoms with Crippen molar-refractivity contribution in [3.8, 4) is 11.5 Å². The number of nitrogens with one attached hydrogen (secondary N) is 1. The highest BCUT2D eigenvalue weighted by molar-refractivity contribution is 5.73. The van der Waals surface area contributed by atoms with E-state index in [0.29, 0.717) is 0 Å². The minimum absolute atomic E-state index is 0.723. The van der Waals surface area contributed by atoms with Gasteiger partial charge in [-0.25, -0.2) is 0 Å². The molecule has 0 spiro atoms. The number of benzene rings is 2. The first-order chi connectivity index (χ1) is 9.15. The molecule has 0 saturated carbocycles. The molecule has 2 aromatic rings. The molecule has 0 fully saturated rings. The molecule has 0 aromatic heterocycles. The van der Waals surface area contributed by atoms with Crippen LogP contribution >= 0.6 is 0 Å². The number of nitrogen functional groups attached to an aromatic ring is 1. The number of anilines is 3. The maximum atomic E-state index is 5.90. The topological polar surface area (TPSA) is 56.5 Å². The van der Waals surface area contributed by atoms with Gasteiger partial charge in [-0.2, -0.15) is 0 Å². The van der Waals surface area contributed by atoms with Crippen LogP contribution < -0.4 is 20.5 Å². The molecule has 19 heavy (non-hydrogen) atoms. The molecule has 0 bridgehead atoms. The van der Waals surface area contributed by atoms with Gasteiger partial charge in [-0.3, -0.25) is 0 Å². The first-order valence-electron chi connectivity index (χ1n) is 6.00. The highest BCUT2D eigenvalue weighted by atomic mass is 16.5. The van der Waals surface area contributed by atoms with Crippen LogP contribution in [0.1, 0.15) is 5.56 Å². The normalized spacial score (nSPS) is 10.1. The van der Waals surface area contributed by atoms with Gasteiger partial charge in [0, 0.05) is 17.4 Å². The molecule has 4 nitrogen and oxygen atoms in total. The van der Waals surface area contributed by atoms with Crippen molar-refractivity contribution < 1.29 is 9.47 Å². The molecule has 0 saturated heterocycles. The van der Waals surface area contributed by atoms with E-state index in [-0.39, 0.29) is 0 Å². The molecule has 2 aromatic carbocycles. The lowest BCUT2D eigenvalue weighted by atomic mass is 10.1. The Hall–Kier alpha value is -2.36. The lowest BCUT2D eigenvalue weighted by molar-refractivity contribution is 0.395. The molecule has 3 N–H and O–H groups in total. The van der Waals surface area contributed by atoms with Crippen molar-refractivity contribution in [2.75, 3.05) is 25.3 Å². The lowest BCUT2D eigenvalue weighted by Crippen LogP contribution is -1.99.